The Kier molecular flexibility index (Phi) is 10.1. The third-order valence-electron chi connectivity index (χ3n) is 11.2. The fourth-order valence-corrected chi connectivity index (χ4v) is 8.34. The number of aryl methyl sites for hydroxylation is 2. The van der Waals surface area contributed by atoms with Crippen LogP contribution in [0, 0.1) is 6.92 Å². The van der Waals surface area contributed by atoms with Crippen LogP contribution in [-0.4, -0.2) is 119 Å². The fourth-order valence-electron chi connectivity index (χ4n) is 8.34. The number of rotatable bonds is 6. The van der Waals surface area contributed by atoms with E-state index in [0.717, 1.165) is 78.7 Å². The molecule has 1 aromatic heterocycles. The summed E-state index contributed by atoms with van der Waals surface area (Å²) >= 11 is 0. The van der Waals surface area contributed by atoms with Gasteiger partial charge >= 0.3 is 12.1 Å². The van der Waals surface area contributed by atoms with Gasteiger partial charge in [0.1, 0.15) is 0 Å². The molecular weight excluding hydrogens is 634 g/mol. The van der Waals surface area contributed by atoms with Gasteiger partial charge in [-0.2, -0.15) is 0 Å². The number of anilines is 1. The molecule has 5 heterocycles. The van der Waals surface area contributed by atoms with Crippen LogP contribution >= 0.6 is 0 Å². The summed E-state index contributed by atoms with van der Waals surface area (Å²) in [6, 6.07) is 15.7. The van der Waals surface area contributed by atoms with Crippen molar-refractivity contribution in [3.8, 4) is 0 Å². The van der Waals surface area contributed by atoms with Gasteiger partial charge in [0.25, 0.3) is 11.5 Å². The maximum absolute atomic E-state index is 14.2. The van der Waals surface area contributed by atoms with Gasteiger partial charge in [-0.1, -0.05) is 24.3 Å². The van der Waals surface area contributed by atoms with Crippen molar-refractivity contribution in [1.82, 2.24) is 29.5 Å². The smallest absolute Gasteiger partial charge is 0.410 e. The minimum atomic E-state index is -0.982. The Labute approximate surface area is 293 Å². The number of hydrogen-bond acceptors (Lipinski definition) is 7. The standard InChI is InChI=1S/C38H49N7O5/c1-26-23-27(24-29-7-8-34(46)41(2)35(26)29)25-33(36(47)43-21-19-42(20-22-43)30-9-14-39-15-10-30)50-38(49)44-16-12-31(13-17-44)45-18-11-28-5-3-4-6-32(28)40-37(45)48/h3-8,23-24,30-31,33,39H,9-22,25H2,1-2H3,(H,40,48). The van der Waals surface area contributed by atoms with Crippen LogP contribution in [0.4, 0.5) is 15.3 Å². The second-order valence-corrected chi connectivity index (χ2v) is 14.2. The first-order valence-corrected chi connectivity index (χ1v) is 18.2. The molecule has 7 rings (SSSR count). The molecule has 3 fully saturated rings. The van der Waals surface area contributed by atoms with Gasteiger partial charge in [-0.05, 0) is 92.4 Å². The van der Waals surface area contributed by atoms with E-state index in [1.807, 2.05) is 59.2 Å². The summed E-state index contributed by atoms with van der Waals surface area (Å²) in [6.07, 6.45) is 3.05. The highest BCUT2D eigenvalue weighted by Crippen LogP contribution is 2.26. The van der Waals surface area contributed by atoms with Crippen molar-refractivity contribution in [1.29, 1.82) is 0 Å². The molecule has 0 spiro atoms. The SMILES string of the molecule is Cc1cc(CC(OC(=O)N2CCC(N3CCc4ccccc4NC3=O)CC2)C(=O)N2CCN(C3CCNCC3)CC2)cc2ccc(=O)n(C)c12. The number of nitrogens with one attached hydrogen (secondary N) is 2. The summed E-state index contributed by atoms with van der Waals surface area (Å²) in [5, 5.41) is 7.39. The van der Waals surface area contributed by atoms with Crippen LogP contribution in [0.3, 0.4) is 0 Å². The number of carbonyl (C=O) groups excluding carboxylic acids is 3. The molecule has 0 aliphatic carbocycles. The van der Waals surface area contributed by atoms with Crippen LogP contribution in [0.15, 0.2) is 53.3 Å². The summed E-state index contributed by atoms with van der Waals surface area (Å²) in [5.74, 6) is -0.169. The van der Waals surface area contributed by atoms with Gasteiger partial charge < -0.3 is 34.6 Å². The number of para-hydroxylation sites is 1. The first kappa shape index (κ1) is 34.0. The summed E-state index contributed by atoms with van der Waals surface area (Å²) < 4.78 is 7.77. The molecule has 3 saturated heterocycles. The maximum atomic E-state index is 14.2. The Morgan fingerprint density at radius 3 is 2.36 bits per heavy atom. The maximum Gasteiger partial charge on any atom is 0.410 e. The third kappa shape index (κ3) is 7.22. The van der Waals surface area contributed by atoms with E-state index >= 15 is 0 Å². The molecule has 1 unspecified atom stereocenters. The van der Waals surface area contributed by atoms with Crippen molar-refractivity contribution < 1.29 is 19.1 Å². The number of piperazine rings is 1. The van der Waals surface area contributed by atoms with Gasteiger partial charge in [0.15, 0.2) is 6.10 Å². The van der Waals surface area contributed by atoms with Gasteiger partial charge in [0.05, 0.1) is 5.52 Å². The van der Waals surface area contributed by atoms with Gasteiger partial charge in [0, 0.05) is 83.1 Å². The lowest BCUT2D eigenvalue weighted by Gasteiger charge is -2.41. The van der Waals surface area contributed by atoms with E-state index in [4.69, 9.17) is 4.74 Å². The summed E-state index contributed by atoms with van der Waals surface area (Å²) in [7, 11) is 1.76. The lowest BCUT2D eigenvalue weighted by Crippen LogP contribution is -2.56. The number of benzene rings is 2. The summed E-state index contributed by atoms with van der Waals surface area (Å²) in [6.45, 7) is 8.34. The number of piperidine rings is 2. The molecule has 12 nitrogen and oxygen atoms in total. The molecule has 12 heteroatoms. The molecule has 4 aliphatic heterocycles. The van der Waals surface area contributed by atoms with Gasteiger partial charge in [-0.3, -0.25) is 14.5 Å². The Balaban J connectivity index is 1.03. The zero-order valence-electron chi connectivity index (χ0n) is 29.2. The first-order valence-electron chi connectivity index (χ1n) is 18.2. The third-order valence-corrected chi connectivity index (χ3v) is 11.2. The zero-order valence-corrected chi connectivity index (χ0v) is 29.2. The number of carbonyl (C=O) groups is 3. The molecule has 50 heavy (non-hydrogen) atoms. The van der Waals surface area contributed by atoms with Crippen molar-refractivity contribution in [2.45, 2.75) is 63.6 Å². The van der Waals surface area contributed by atoms with Crippen LogP contribution in [0.1, 0.15) is 42.4 Å². The van der Waals surface area contributed by atoms with Crippen LogP contribution in [-0.2, 0) is 29.4 Å². The highest BCUT2D eigenvalue weighted by molar-refractivity contribution is 5.91. The number of likely N-dealkylation sites (tertiary alicyclic amines) is 1. The number of aromatic nitrogens is 1. The Bertz CT molecular complexity index is 1790. The molecule has 2 N–H and O–H groups in total. The second kappa shape index (κ2) is 14.8. The average Bonchev–Trinajstić information content (AvgIpc) is 3.31. The molecule has 0 bridgehead atoms. The molecule has 4 aliphatic rings. The van der Waals surface area contributed by atoms with Crippen LogP contribution in [0.5, 0.6) is 0 Å². The van der Waals surface area contributed by atoms with E-state index in [1.54, 1.807) is 22.6 Å². The molecule has 0 radical (unpaired) electrons. The van der Waals surface area contributed by atoms with Crippen molar-refractivity contribution >= 4 is 34.6 Å². The number of hydrogen-bond donors (Lipinski definition) is 2. The van der Waals surface area contributed by atoms with E-state index in [1.165, 1.54) is 0 Å². The Morgan fingerprint density at radius 1 is 0.860 bits per heavy atom. The van der Waals surface area contributed by atoms with Crippen LogP contribution in [0.2, 0.25) is 0 Å². The minimum Gasteiger partial charge on any atom is -0.436 e. The highest BCUT2D eigenvalue weighted by Gasteiger charge is 2.36. The zero-order chi connectivity index (χ0) is 34.8. The van der Waals surface area contributed by atoms with Crippen LogP contribution in [0.25, 0.3) is 10.9 Å². The number of amides is 4. The van der Waals surface area contributed by atoms with Crippen molar-refractivity contribution in [3.63, 3.8) is 0 Å². The summed E-state index contributed by atoms with van der Waals surface area (Å²) in [4.78, 5) is 61.3. The normalized spacial score (nSPS) is 20.3. The number of pyridine rings is 1. The first-order chi connectivity index (χ1) is 24.2. The quantitative estimate of drug-likeness (QED) is 0.409. The predicted octanol–water partition coefficient (Wildman–Crippen LogP) is 3.35. The topological polar surface area (TPSA) is 119 Å². The molecule has 3 aromatic rings. The van der Waals surface area contributed by atoms with E-state index in [2.05, 4.69) is 15.5 Å². The predicted molar refractivity (Wildman–Crippen MR) is 192 cm³/mol. The van der Waals surface area contributed by atoms with Crippen molar-refractivity contribution in [2.24, 2.45) is 7.05 Å². The van der Waals surface area contributed by atoms with Gasteiger partial charge in [-0.15, -0.1) is 0 Å². The Hall–Kier alpha value is -4.42. The monoisotopic (exact) mass is 683 g/mol. The molecule has 266 valence electrons. The molecular formula is C38H49N7O5. The lowest BCUT2D eigenvalue weighted by molar-refractivity contribution is -0.143. The van der Waals surface area contributed by atoms with Gasteiger partial charge in [0.2, 0.25) is 0 Å². The molecule has 2 aromatic carbocycles. The lowest BCUT2D eigenvalue weighted by atomic mass is 10.00. The second-order valence-electron chi connectivity index (χ2n) is 14.2. The number of fused-ring (bicyclic) bond motifs is 2. The van der Waals surface area contributed by atoms with Gasteiger partial charge in [-0.25, -0.2) is 9.59 Å². The minimum absolute atomic E-state index is 0.0126. The number of urea groups is 1. The van der Waals surface area contributed by atoms with Crippen molar-refractivity contribution in [2.75, 3.05) is 64.2 Å². The van der Waals surface area contributed by atoms with E-state index in [9.17, 15) is 19.2 Å². The van der Waals surface area contributed by atoms with Crippen molar-refractivity contribution in [3.05, 3.63) is 75.6 Å². The fraction of sp³-hybridized carbons (Fsp3) is 0.526. The Morgan fingerprint density at radius 2 is 1.60 bits per heavy atom. The number of nitrogens with zero attached hydrogens (tertiary/aromatic N) is 5. The number of ether oxygens (including phenoxy) is 1. The van der Waals surface area contributed by atoms with E-state index in [-0.39, 0.29) is 30.0 Å². The molecule has 4 amide bonds. The molecule has 0 saturated carbocycles. The van der Waals surface area contributed by atoms with Crippen LogP contribution < -0.4 is 16.2 Å². The largest absolute Gasteiger partial charge is 0.436 e. The van der Waals surface area contributed by atoms with E-state index in [0.29, 0.717) is 51.6 Å². The highest BCUT2D eigenvalue weighted by atomic mass is 16.6. The average molecular weight is 684 g/mol. The van der Waals surface area contributed by atoms with E-state index < -0.39 is 12.2 Å². The summed E-state index contributed by atoms with van der Waals surface area (Å²) in [5.41, 5.74) is 4.55. The molecule has 1 atom stereocenters.